The maximum Gasteiger partial charge on any atom is 0.128 e. The van der Waals surface area contributed by atoms with Gasteiger partial charge in [-0.25, -0.2) is 0 Å². The predicted molar refractivity (Wildman–Crippen MR) is 86.1 cm³/mol. The van der Waals surface area contributed by atoms with Crippen LogP contribution in [0.15, 0.2) is 42.6 Å². The third-order valence-corrected chi connectivity index (χ3v) is 3.93. The zero-order chi connectivity index (χ0) is 15.6. The summed E-state index contributed by atoms with van der Waals surface area (Å²) >= 11 is 0. The molecule has 1 aromatic carbocycles. The van der Waals surface area contributed by atoms with E-state index in [0.717, 1.165) is 35.7 Å². The highest BCUT2D eigenvalue weighted by Crippen LogP contribution is 2.44. The first-order valence-electron chi connectivity index (χ1n) is 7.58. The number of nitrogens with one attached hydrogen (secondary N) is 1. The van der Waals surface area contributed by atoms with Gasteiger partial charge in [-0.15, -0.1) is 0 Å². The molecule has 0 amide bonds. The van der Waals surface area contributed by atoms with E-state index >= 15 is 0 Å². The third-order valence-electron chi connectivity index (χ3n) is 3.93. The van der Waals surface area contributed by atoms with Crippen LogP contribution in [0.25, 0.3) is 0 Å². The minimum absolute atomic E-state index is 0.178. The van der Waals surface area contributed by atoms with Crippen LogP contribution in [0.2, 0.25) is 0 Å². The number of ether oxygens (including phenoxy) is 2. The molecule has 2 heterocycles. The van der Waals surface area contributed by atoms with Gasteiger partial charge in [0, 0.05) is 25.2 Å². The topological polar surface area (TPSA) is 43.4 Å². The van der Waals surface area contributed by atoms with Crippen molar-refractivity contribution >= 4 is 0 Å². The molecular formula is C18H22N2O2. The van der Waals surface area contributed by atoms with Gasteiger partial charge in [0.25, 0.3) is 0 Å². The fourth-order valence-electron chi connectivity index (χ4n) is 2.97. The van der Waals surface area contributed by atoms with E-state index in [-0.39, 0.29) is 11.6 Å². The standard InChI is InChI=1S/C18H22N2O2/c1-18(2)11-14(20-12-13-7-4-5-10-19-13)17-15(21-3)8-6-9-16(17)22-18/h4-10,14,20H,11-12H2,1-3H3. The van der Waals surface area contributed by atoms with Gasteiger partial charge in [-0.1, -0.05) is 12.1 Å². The minimum atomic E-state index is -0.207. The van der Waals surface area contributed by atoms with E-state index in [1.807, 2.05) is 42.6 Å². The summed E-state index contributed by atoms with van der Waals surface area (Å²) in [7, 11) is 1.70. The van der Waals surface area contributed by atoms with Crippen molar-refractivity contribution in [3.05, 3.63) is 53.9 Å². The number of benzene rings is 1. The van der Waals surface area contributed by atoms with Gasteiger partial charge in [0.05, 0.1) is 18.4 Å². The Labute approximate surface area is 131 Å². The molecular weight excluding hydrogens is 276 g/mol. The van der Waals surface area contributed by atoms with Crippen LogP contribution in [0, 0.1) is 0 Å². The van der Waals surface area contributed by atoms with E-state index in [1.54, 1.807) is 7.11 Å². The summed E-state index contributed by atoms with van der Waals surface area (Å²) in [4.78, 5) is 4.37. The maximum absolute atomic E-state index is 6.11. The molecule has 0 saturated carbocycles. The number of nitrogens with zero attached hydrogens (tertiary/aromatic N) is 1. The Kier molecular flexibility index (Phi) is 4.03. The van der Waals surface area contributed by atoms with E-state index in [2.05, 4.69) is 24.1 Å². The summed E-state index contributed by atoms with van der Waals surface area (Å²) in [6.45, 7) is 4.95. The van der Waals surface area contributed by atoms with E-state index < -0.39 is 0 Å². The van der Waals surface area contributed by atoms with Crippen molar-refractivity contribution in [3.8, 4) is 11.5 Å². The fraction of sp³-hybridized carbons (Fsp3) is 0.389. The minimum Gasteiger partial charge on any atom is -0.496 e. The molecule has 1 aromatic heterocycles. The van der Waals surface area contributed by atoms with E-state index in [1.165, 1.54) is 0 Å². The molecule has 116 valence electrons. The van der Waals surface area contributed by atoms with E-state index in [0.29, 0.717) is 0 Å². The monoisotopic (exact) mass is 298 g/mol. The van der Waals surface area contributed by atoms with Gasteiger partial charge in [0.1, 0.15) is 17.1 Å². The molecule has 1 atom stereocenters. The van der Waals surface area contributed by atoms with Crippen molar-refractivity contribution in [2.45, 2.75) is 38.5 Å². The Balaban J connectivity index is 1.87. The molecule has 1 N–H and O–H groups in total. The number of hydrogen-bond acceptors (Lipinski definition) is 4. The van der Waals surface area contributed by atoms with Crippen LogP contribution in [0.5, 0.6) is 11.5 Å². The summed E-state index contributed by atoms with van der Waals surface area (Å²) in [5.41, 5.74) is 1.92. The van der Waals surface area contributed by atoms with Crippen molar-refractivity contribution in [2.75, 3.05) is 7.11 Å². The number of aromatic nitrogens is 1. The lowest BCUT2D eigenvalue weighted by Gasteiger charge is -2.38. The molecule has 0 fully saturated rings. The summed E-state index contributed by atoms with van der Waals surface area (Å²) in [6.07, 6.45) is 2.70. The molecule has 4 nitrogen and oxygen atoms in total. The van der Waals surface area contributed by atoms with Gasteiger partial charge >= 0.3 is 0 Å². The third kappa shape index (κ3) is 3.07. The van der Waals surface area contributed by atoms with Gasteiger partial charge in [-0.3, -0.25) is 4.98 Å². The highest BCUT2D eigenvalue weighted by molar-refractivity contribution is 5.48. The highest BCUT2D eigenvalue weighted by Gasteiger charge is 2.35. The number of rotatable bonds is 4. The molecule has 1 aliphatic heterocycles. The molecule has 1 unspecified atom stereocenters. The van der Waals surface area contributed by atoms with Crippen LogP contribution < -0.4 is 14.8 Å². The molecule has 1 aliphatic rings. The van der Waals surface area contributed by atoms with Crippen molar-refractivity contribution in [2.24, 2.45) is 0 Å². The molecule has 0 aliphatic carbocycles. The van der Waals surface area contributed by atoms with Gasteiger partial charge in [0.2, 0.25) is 0 Å². The van der Waals surface area contributed by atoms with Crippen LogP contribution in [-0.2, 0) is 6.54 Å². The smallest absolute Gasteiger partial charge is 0.128 e. The van der Waals surface area contributed by atoms with Crippen molar-refractivity contribution in [3.63, 3.8) is 0 Å². The predicted octanol–water partition coefficient (Wildman–Crippen LogP) is 3.48. The fourth-order valence-corrected chi connectivity index (χ4v) is 2.97. The first kappa shape index (κ1) is 14.9. The van der Waals surface area contributed by atoms with E-state index in [4.69, 9.17) is 9.47 Å². The second kappa shape index (κ2) is 5.97. The second-order valence-electron chi connectivity index (χ2n) is 6.19. The van der Waals surface area contributed by atoms with Gasteiger partial charge in [0.15, 0.2) is 0 Å². The lowest BCUT2D eigenvalue weighted by molar-refractivity contribution is 0.0644. The number of fused-ring (bicyclic) bond motifs is 1. The summed E-state index contributed by atoms with van der Waals surface area (Å²) in [5.74, 6) is 1.76. The first-order valence-corrected chi connectivity index (χ1v) is 7.58. The lowest BCUT2D eigenvalue weighted by Crippen LogP contribution is -2.39. The first-order chi connectivity index (χ1) is 10.6. The quantitative estimate of drug-likeness (QED) is 0.938. The Hall–Kier alpha value is -2.07. The zero-order valence-corrected chi connectivity index (χ0v) is 13.3. The summed E-state index contributed by atoms with van der Waals surface area (Å²) in [5, 5.41) is 3.60. The summed E-state index contributed by atoms with van der Waals surface area (Å²) < 4.78 is 11.6. The molecule has 0 bridgehead atoms. The van der Waals surface area contributed by atoms with Crippen LogP contribution in [0.4, 0.5) is 0 Å². The number of methoxy groups -OCH3 is 1. The maximum atomic E-state index is 6.11. The molecule has 22 heavy (non-hydrogen) atoms. The van der Waals surface area contributed by atoms with Crippen LogP contribution in [-0.4, -0.2) is 17.7 Å². The molecule has 0 radical (unpaired) electrons. The Morgan fingerprint density at radius 1 is 1.27 bits per heavy atom. The van der Waals surface area contributed by atoms with Gasteiger partial charge in [-0.05, 0) is 38.1 Å². The average Bonchev–Trinajstić information content (AvgIpc) is 2.51. The largest absolute Gasteiger partial charge is 0.496 e. The molecule has 0 saturated heterocycles. The lowest BCUT2D eigenvalue weighted by atomic mass is 9.89. The Morgan fingerprint density at radius 3 is 2.86 bits per heavy atom. The van der Waals surface area contributed by atoms with Gasteiger partial charge < -0.3 is 14.8 Å². The van der Waals surface area contributed by atoms with Crippen LogP contribution in [0.3, 0.4) is 0 Å². The zero-order valence-electron chi connectivity index (χ0n) is 13.3. The molecule has 3 rings (SSSR count). The molecule has 2 aromatic rings. The molecule has 4 heteroatoms. The number of pyridine rings is 1. The summed E-state index contributed by atoms with van der Waals surface area (Å²) in [6, 6.07) is 12.1. The van der Waals surface area contributed by atoms with Crippen molar-refractivity contribution in [1.29, 1.82) is 0 Å². The Bertz CT molecular complexity index is 641. The Morgan fingerprint density at radius 2 is 2.14 bits per heavy atom. The van der Waals surface area contributed by atoms with Crippen molar-refractivity contribution < 1.29 is 9.47 Å². The van der Waals surface area contributed by atoms with Crippen LogP contribution in [0.1, 0.15) is 37.6 Å². The second-order valence-corrected chi connectivity index (χ2v) is 6.19. The number of hydrogen-bond donors (Lipinski definition) is 1. The molecule has 0 spiro atoms. The van der Waals surface area contributed by atoms with Crippen molar-refractivity contribution in [1.82, 2.24) is 10.3 Å². The average molecular weight is 298 g/mol. The van der Waals surface area contributed by atoms with Gasteiger partial charge in [-0.2, -0.15) is 0 Å². The SMILES string of the molecule is COc1cccc2c1C(NCc1ccccn1)CC(C)(C)O2. The highest BCUT2D eigenvalue weighted by atomic mass is 16.5. The van der Waals surface area contributed by atoms with E-state index in [9.17, 15) is 0 Å². The van der Waals surface area contributed by atoms with Crippen LogP contribution >= 0.6 is 0 Å². The normalized spacial score (nSPS) is 19.1.